The van der Waals surface area contributed by atoms with E-state index in [0.717, 1.165) is 6.07 Å². The number of nitrogens with two attached hydrogens (primary N) is 1. The third-order valence-electron chi connectivity index (χ3n) is 1.82. The molecule has 0 heterocycles. The number of aromatic hydroxyl groups is 1. The highest BCUT2D eigenvalue weighted by molar-refractivity contribution is 5.43. The molecule has 1 rings (SSSR count). The fourth-order valence-corrected chi connectivity index (χ4v) is 1.19. The van der Waals surface area contributed by atoms with Gasteiger partial charge in [-0.25, -0.2) is 0 Å². The first-order valence-electron chi connectivity index (χ1n) is 4.22. The van der Waals surface area contributed by atoms with Gasteiger partial charge in [0.15, 0.2) is 0 Å². The van der Waals surface area contributed by atoms with Crippen molar-refractivity contribution in [1.82, 2.24) is 0 Å². The number of benzene rings is 1. The first kappa shape index (κ1) is 10.5. The molecule has 5 nitrogen and oxygen atoms in total. The molecule has 0 fully saturated rings. The minimum Gasteiger partial charge on any atom is -0.507 e. The van der Waals surface area contributed by atoms with Crippen molar-refractivity contribution in [2.45, 2.75) is 19.4 Å². The molecule has 1 aromatic rings. The highest BCUT2D eigenvalue weighted by Crippen LogP contribution is 2.24. The van der Waals surface area contributed by atoms with Crippen molar-refractivity contribution in [3.8, 4) is 5.75 Å². The Hall–Kier alpha value is -1.62. The lowest BCUT2D eigenvalue weighted by Crippen LogP contribution is -2.17. The molecule has 14 heavy (non-hydrogen) atoms. The first-order valence-corrected chi connectivity index (χ1v) is 4.22. The van der Waals surface area contributed by atoms with Crippen LogP contribution in [0.5, 0.6) is 5.75 Å². The van der Waals surface area contributed by atoms with Crippen LogP contribution < -0.4 is 5.73 Å². The van der Waals surface area contributed by atoms with Gasteiger partial charge in [0.05, 0.1) is 11.0 Å². The summed E-state index contributed by atoms with van der Waals surface area (Å²) in [5.74, 6) is -0.0727. The van der Waals surface area contributed by atoms with Gasteiger partial charge in [0, 0.05) is 12.1 Å². The predicted octanol–water partition coefficient (Wildman–Crippen LogP) is 1.19. The lowest BCUT2D eigenvalue weighted by Gasteiger charge is -2.06. The molecule has 1 aromatic carbocycles. The third kappa shape index (κ3) is 2.43. The minimum atomic E-state index is -0.546. The van der Waals surface area contributed by atoms with Crippen molar-refractivity contribution in [2.24, 2.45) is 5.73 Å². The molecule has 0 saturated heterocycles. The second-order valence-electron chi connectivity index (χ2n) is 3.25. The Morgan fingerprint density at radius 3 is 2.71 bits per heavy atom. The van der Waals surface area contributed by atoms with Crippen molar-refractivity contribution in [3.05, 3.63) is 33.9 Å². The average Bonchev–Trinajstić information content (AvgIpc) is 2.07. The van der Waals surface area contributed by atoms with Crippen LogP contribution in [0, 0.1) is 10.1 Å². The zero-order valence-electron chi connectivity index (χ0n) is 7.80. The first-order chi connectivity index (χ1) is 6.50. The number of non-ortho nitro benzene ring substituents is 1. The van der Waals surface area contributed by atoms with E-state index in [9.17, 15) is 15.2 Å². The lowest BCUT2D eigenvalue weighted by atomic mass is 10.1. The van der Waals surface area contributed by atoms with E-state index in [0.29, 0.717) is 12.0 Å². The second kappa shape index (κ2) is 4.06. The smallest absolute Gasteiger partial charge is 0.273 e. The van der Waals surface area contributed by atoms with Gasteiger partial charge < -0.3 is 10.8 Å². The second-order valence-corrected chi connectivity index (χ2v) is 3.25. The van der Waals surface area contributed by atoms with Gasteiger partial charge in [-0.1, -0.05) is 0 Å². The van der Waals surface area contributed by atoms with Gasteiger partial charge >= 0.3 is 0 Å². The number of nitro benzene ring substituents is 1. The summed E-state index contributed by atoms with van der Waals surface area (Å²) in [7, 11) is 0. The molecule has 0 spiro atoms. The van der Waals surface area contributed by atoms with E-state index < -0.39 is 4.92 Å². The van der Waals surface area contributed by atoms with Crippen LogP contribution in [0.4, 0.5) is 5.69 Å². The maximum atomic E-state index is 10.4. The van der Waals surface area contributed by atoms with Crippen LogP contribution in [0.15, 0.2) is 18.2 Å². The highest BCUT2D eigenvalue weighted by Gasteiger charge is 2.10. The topological polar surface area (TPSA) is 89.4 Å². The number of rotatable bonds is 3. The predicted molar refractivity (Wildman–Crippen MR) is 52.1 cm³/mol. The summed E-state index contributed by atoms with van der Waals surface area (Å²) in [4.78, 5) is 9.81. The molecule has 0 aromatic heterocycles. The van der Waals surface area contributed by atoms with Gasteiger partial charge in [-0.05, 0) is 25.0 Å². The van der Waals surface area contributed by atoms with Gasteiger partial charge in [0.25, 0.3) is 5.69 Å². The largest absolute Gasteiger partial charge is 0.507 e. The van der Waals surface area contributed by atoms with Crippen LogP contribution in [0.2, 0.25) is 0 Å². The summed E-state index contributed by atoms with van der Waals surface area (Å²) in [6, 6.07) is 3.94. The third-order valence-corrected chi connectivity index (χ3v) is 1.82. The van der Waals surface area contributed by atoms with E-state index in [2.05, 4.69) is 0 Å². The number of hydrogen-bond acceptors (Lipinski definition) is 4. The fraction of sp³-hybridized carbons (Fsp3) is 0.333. The Balaban J connectivity index is 2.95. The van der Waals surface area contributed by atoms with Crippen LogP contribution in [-0.2, 0) is 6.42 Å². The Kier molecular flexibility index (Phi) is 3.03. The quantitative estimate of drug-likeness (QED) is 0.561. The molecule has 0 saturated carbocycles. The maximum absolute atomic E-state index is 10.4. The van der Waals surface area contributed by atoms with Gasteiger partial charge in [-0.3, -0.25) is 10.1 Å². The molecule has 5 heteroatoms. The summed E-state index contributed by atoms with van der Waals surface area (Å²) in [6.45, 7) is 1.81. The molecular formula is C9H12N2O3. The highest BCUT2D eigenvalue weighted by atomic mass is 16.6. The summed E-state index contributed by atoms with van der Waals surface area (Å²) < 4.78 is 0. The van der Waals surface area contributed by atoms with E-state index in [1.54, 1.807) is 6.92 Å². The van der Waals surface area contributed by atoms with E-state index >= 15 is 0 Å². The molecular weight excluding hydrogens is 184 g/mol. The summed E-state index contributed by atoms with van der Waals surface area (Å²) in [6.07, 6.45) is 0.504. The van der Waals surface area contributed by atoms with E-state index in [4.69, 9.17) is 5.73 Å². The molecule has 3 N–H and O–H groups in total. The van der Waals surface area contributed by atoms with Crippen LogP contribution in [-0.4, -0.2) is 16.1 Å². The maximum Gasteiger partial charge on any atom is 0.273 e. The van der Waals surface area contributed by atoms with E-state index in [1.807, 2.05) is 0 Å². The van der Waals surface area contributed by atoms with Crippen LogP contribution in [0.3, 0.4) is 0 Å². The zero-order valence-corrected chi connectivity index (χ0v) is 7.80. The Bertz CT molecular complexity index is 350. The van der Waals surface area contributed by atoms with E-state index in [1.165, 1.54) is 12.1 Å². The normalized spacial score (nSPS) is 12.4. The lowest BCUT2D eigenvalue weighted by molar-refractivity contribution is -0.384. The summed E-state index contributed by atoms with van der Waals surface area (Å²) in [5, 5.41) is 19.8. The van der Waals surface area contributed by atoms with Crippen molar-refractivity contribution >= 4 is 5.69 Å². The van der Waals surface area contributed by atoms with Crippen LogP contribution >= 0.6 is 0 Å². The molecule has 0 unspecified atom stereocenters. The summed E-state index contributed by atoms with van der Waals surface area (Å²) in [5.41, 5.74) is 6.06. The van der Waals surface area contributed by atoms with Gasteiger partial charge in [0.1, 0.15) is 5.75 Å². The van der Waals surface area contributed by atoms with E-state index in [-0.39, 0.29) is 17.5 Å². The fourth-order valence-electron chi connectivity index (χ4n) is 1.19. The monoisotopic (exact) mass is 196 g/mol. The standard InChI is InChI=1S/C9H12N2O3/c1-6(10)4-7-2-3-8(11(13)14)5-9(7)12/h2-3,5-6,12H,4,10H2,1H3/t6-/m1/s1. The van der Waals surface area contributed by atoms with Crippen molar-refractivity contribution in [1.29, 1.82) is 0 Å². The molecule has 0 aliphatic rings. The zero-order chi connectivity index (χ0) is 10.7. The number of nitro groups is 1. The molecule has 0 radical (unpaired) electrons. The van der Waals surface area contributed by atoms with Crippen molar-refractivity contribution < 1.29 is 10.0 Å². The number of phenols is 1. The van der Waals surface area contributed by atoms with Crippen molar-refractivity contribution in [3.63, 3.8) is 0 Å². The Morgan fingerprint density at radius 2 is 2.29 bits per heavy atom. The number of nitrogens with zero attached hydrogens (tertiary/aromatic N) is 1. The molecule has 0 amide bonds. The Labute approximate surface area is 81.3 Å². The number of hydrogen-bond donors (Lipinski definition) is 2. The molecule has 1 atom stereocenters. The van der Waals surface area contributed by atoms with Gasteiger partial charge in [0.2, 0.25) is 0 Å². The van der Waals surface area contributed by atoms with Crippen molar-refractivity contribution in [2.75, 3.05) is 0 Å². The molecule has 76 valence electrons. The molecule has 0 aliphatic carbocycles. The SMILES string of the molecule is C[C@@H](N)Cc1ccc([N+](=O)[O-])cc1O. The average molecular weight is 196 g/mol. The Morgan fingerprint density at radius 1 is 1.64 bits per heavy atom. The number of phenolic OH excluding ortho intramolecular Hbond substituents is 1. The minimum absolute atomic E-state index is 0.0727. The van der Waals surface area contributed by atoms with Crippen LogP contribution in [0.1, 0.15) is 12.5 Å². The molecule has 0 aliphatic heterocycles. The van der Waals surface area contributed by atoms with Gasteiger partial charge in [-0.2, -0.15) is 0 Å². The van der Waals surface area contributed by atoms with Gasteiger partial charge in [-0.15, -0.1) is 0 Å². The molecule has 0 bridgehead atoms. The van der Waals surface area contributed by atoms with Crippen LogP contribution in [0.25, 0.3) is 0 Å². The summed E-state index contributed by atoms with van der Waals surface area (Å²) >= 11 is 0.